The van der Waals surface area contributed by atoms with Crippen molar-refractivity contribution < 1.29 is 23.8 Å². The number of ether oxygens (including phenoxy) is 3. The molecule has 33 heavy (non-hydrogen) atoms. The summed E-state index contributed by atoms with van der Waals surface area (Å²) in [6, 6.07) is 20.8. The van der Waals surface area contributed by atoms with Crippen LogP contribution in [0.2, 0.25) is 0 Å². The normalized spacial score (nSPS) is 15.4. The van der Waals surface area contributed by atoms with E-state index in [4.69, 9.17) is 14.2 Å². The zero-order valence-corrected chi connectivity index (χ0v) is 18.7. The number of amidine groups is 1. The Labute approximate surface area is 195 Å². The van der Waals surface area contributed by atoms with Crippen molar-refractivity contribution in [1.82, 2.24) is 5.32 Å². The van der Waals surface area contributed by atoms with E-state index in [1.165, 1.54) is 11.8 Å². The molecular weight excluding hydrogens is 440 g/mol. The summed E-state index contributed by atoms with van der Waals surface area (Å²) >= 11 is 1.26. The van der Waals surface area contributed by atoms with E-state index in [9.17, 15) is 9.59 Å². The molecule has 0 bridgehead atoms. The smallest absolute Gasteiger partial charge is 0.343 e. The minimum absolute atomic E-state index is 0.220. The minimum Gasteiger partial charge on any atom is -0.497 e. The van der Waals surface area contributed by atoms with Gasteiger partial charge in [-0.1, -0.05) is 12.1 Å². The molecule has 4 rings (SSSR count). The van der Waals surface area contributed by atoms with Gasteiger partial charge < -0.3 is 19.5 Å². The van der Waals surface area contributed by atoms with Gasteiger partial charge in [0.2, 0.25) is 0 Å². The average molecular weight is 461 g/mol. The Morgan fingerprint density at radius 2 is 1.42 bits per heavy atom. The van der Waals surface area contributed by atoms with Gasteiger partial charge in [-0.3, -0.25) is 4.79 Å². The van der Waals surface area contributed by atoms with Gasteiger partial charge in [0, 0.05) is 0 Å². The molecule has 0 atom stereocenters. The van der Waals surface area contributed by atoms with Crippen molar-refractivity contribution >= 4 is 40.6 Å². The van der Waals surface area contributed by atoms with E-state index >= 15 is 0 Å². The van der Waals surface area contributed by atoms with Crippen LogP contribution >= 0.6 is 11.8 Å². The second-order valence-electron chi connectivity index (χ2n) is 6.87. The summed E-state index contributed by atoms with van der Waals surface area (Å²) in [6.07, 6.45) is 1.76. The van der Waals surface area contributed by atoms with Crippen molar-refractivity contribution in [2.24, 2.45) is 4.99 Å². The quantitative estimate of drug-likeness (QED) is 0.323. The zero-order valence-electron chi connectivity index (χ0n) is 17.9. The third kappa shape index (κ3) is 5.61. The number of nitrogens with one attached hydrogen (secondary N) is 1. The number of rotatable bonds is 6. The molecule has 7 nitrogen and oxygen atoms in total. The lowest BCUT2D eigenvalue weighted by Gasteiger charge is -2.05. The molecule has 8 heteroatoms. The summed E-state index contributed by atoms with van der Waals surface area (Å²) in [5, 5.41) is 3.26. The molecule has 0 unspecified atom stereocenters. The van der Waals surface area contributed by atoms with Crippen LogP contribution < -0.4 is 19.5 Å². The number of hydrogen-bond acceptors (Lipinski definition) is 7. The molecule has 0 aliphatic carbocycles. The third-order valence-corrected chi connectivity index (χ3v) is 5.58. The van der Waals surface area contributed by atoms with Crippen LogP contribution in [0.4, 0.5) is 5.69 Å². The average Bonchev–Trinajstić information content (AvgIpc) is 3.19. The van der Waals surface area contributed by atoms with Crippen LogP contribution in [0.15, 0.2) is 82.7 Å². The lowest BCUT2D eigenvalue weighted by molar-refractivity contribution is -0.115. The Morgan fingerprint density at radius 1 is 0.848 bits per heavy atom. The van der Waals surface area contributed by atoms with Crippen LogP contribution in [0.1, 0.15) is 15.9 Å². The fraction of sp³-hybridized carbons (Fsp3) is 0.0800. The highest BCUT2D eigenvalue weighted by molar-refractivity contribution is 8.18. The minimum atomic E-state index is -0.464. The summed E-state index contributed by atoms with van der Waals surface area (Å²) < 4.78 is 15.6. The number of benzene rings is 3. The third-order valence-electron chi connectivity index (χ3n) is 4.67. The van der Waals surface area contributed by atoms with Crippen LogP contribution in [-0.4, -0.2) is 31.3 Å². The Bertz CT molecular complexity index is 1220. The number of esters is 1. The first kappa shape index (κ1) is 22.2. The number of thioether (sulfide) groups is 1. The molecule has 1 amide bonds. The monoisotopic (exact) mass is 460 g/mol. The van der Waals surface area contributed by atoms with Crippen LogP contribution in [0.5, 0.6) is 17.2 Å². The zero-order chi connectivity index (χ0) is 23.2. The Hall–Kier alpha value is -4.04. The molecule has 166 valence electrons. The second kappa shape index (κ2) is 10.1. The van der Waals surface area contributed by atoms with Crippen molar-refractivity contribution in [3.05, 3.63) is 88.8 Å². The molecule has 1 saturated heterocycles. The second-order valence-corrected chi connectivity index (χ2v) is 7.90. The maximum atomic E-state index is 12.3. The Morgan fingerprint density at radius 3 is 2.03 bits per heavy atom. The summed E-state index contributed by atoms with van der Waals surface area (Å²) in [7, 11) is 3.16. The lowest BCUT2D eigenvalue weighted by atomic mass is 10.2. The molecule has 1 aliphatic rings. The van der Waals surface area contributed by atoms with Gasteiger partial charge in [-0.2, -0.15) is 0 Å². The highest BCUT2D eigenvalue weighted by Crippen LogP contribution is 2.29. The van der Waals surface area contributed by atoms with E-state index in [2.05, 4.69) is 10.3 Å². The first-order valence-electron chi connectivity index (χ1n) is 9.94. The van der Waals surface area contributed by atoms with Gasteiger partial charge in [-0.05, 0) is 84.1 Å². The van der Waals surface area contributed by atoms with Crippen molar-refractivity contribution in [3.63, 3.8) is 0 Å². The van der Waals surface area contributed by atoms with E-state index < -0.39 is 5.97 Å². The van der Waals surface area contributed by atoms with Crippen LogP contribution in [0.3, 0.4) is 0 Å². The number of hydrogen-bond donors (Lipinski definition) is 1. The SMILES string of the molecule is COc1ccc(N=C2NC(=O)/C(=C/c3ccc(OC(=O)c4ccc(OC)cc4)cc3)S2)cc1. The lowest BCUT2D eigenvalue weighted by Crippen LogP contribution is -2.19. The van der Waals surface area contributed by atoms with Gasteiger partial charge in [-0.25, -0.2) is 9.79 Å². The van der Waals surface area contributed by atoms with Gasteiger partial charge in [0.15, 0.2) is 5.17 Å². The summed E-state index contributed by atoms with van der Waals surface area (Å²) in [5.74, 6) is 1.12. The maximum absolute atomic E-state index is 12.3. The predicted molar refractivity (Wildman–Crippen MR) is 128 cm³/mol. The van der Waals surface area contributed by atoms with Crippen LogP contribution in [0, 0.1) is 0 Å². The van der Waals surface area contributed by atoms with E-state index in [-0.39, 0.29) is 5.91 Å². The Kier molecular flexibility index (Phi) is 6.75. The molecular formula is C25H20N2O5S. The molecule has 1 N–H and O–H groups in total. The standard InChI is InChI=1S/C25H20N2O5S/c1-30-19-11-5-17(6-12-19)24(29)32-21-9-3-16(4-10-21)15-22-23(28)27-25(33-22)26-18-7-13-20(31-2)14-8-18/h3-15H,1-2H3,(H,26,27,28)/b22-15-. The Balaban J connectivity index is 1.40. The van der Waals surface area contributed by atoms with Gasteiger partial charge in [0.1, 0.15) is 17.2 Å². The highest BCUT2D eigenvalue weighted by atomic mass is 32.2. The van der Waals surface area contributed by atoms with Gasteiger partial charge in [0.05, 0.1) is 30.4 Å². The largest absolute Gasteiger partial charge is 0.497 e. The van der Waals surface area contributed by atoms with E-state index in [0.29, 0.717) is 32.8 Å². The van der Waals surface area contributed by atoms with Gasteiger partial charge in [0.25, 0.3) is 5.91 Å². The van der Waals surface area contributed by atoms with Crippen molar-refractivity contribution in [2.45, 2.75) is 0 Å². The molecule has 0 saturated carbocycles. The van der Waals surface area contributed by atoms with E-state index in [1.54, 1.807) is 81.0 Å². The summed E-state index contributed by atoms with van der Waals surface area (Å²) in [4.78, 5) is 29.6. The van der Waals surface area contributed by atoms with Crippen molar-refractivity contribution in [1.29, 1.82) is 0 Å². The highest BCUT2D eigenvalue weighted by Gasteiger charge is 2.23. The maximum Gasteiger partial charge on any atom is 0.343 e. The van der Waals surface area contributed by atoms with E-state index in [1.807, 2.05) is 12.1 Å². The van der Waals surface area contributed by atoms with Gasteiger partial charge in [-0.15, -0.1) is 0 Å². The number of aliphatic imine (C=N–C) groups is 1. The topological polar surface area (TPSA) is 86.2 Å². The molecule has 3 aromatic rings. The molecule has 1 fully saturated rings. The number of amides is 1. The number of nitrogens with zero attached hydrogens (tertiary/aromatic N) is 1. The molecule has 1 aliphatic heterocycles. The summed E-state index contributed by atoms with van der Waals surface area (Å²) in [6.45, 7) is 0. The fourth-order valence-corrected chi connectivity index (χ4v) is 3.77. The molecule has 0 aromatic heterocycles. The van der Waals surface area contributed by atoms with Gasteiger partial charge >= 0.3 is 5.97 Å². The number of carbonyl (C=O) groups is 2. The van der Waals surface area contributed by atoms with Crippen molar-refractivity contribution in [2.75, 3.05) is 14.2 Å². The molecule has 3 aromatic carbocycles. The first-order chi connectivity index (χ1) is 16.0. The van der Waals surface area contributed by atoms with E-state index in [0.717, 1.165) is 11.3 Å². The number of carbonyl (C=O) groups excluding carboxylic acids is 2. The first-order valence-corrected chi connectivity index (χ1v) is 10.8. The molecule has 0 spiro atoms. The number of methoxy groups -OCH3 is 2. The van der Waals surface area contributed by atoms with Crippen molar-refractivity contribution in [3.8, 4) is 17.2 Å². The fourth-order valence-electron chi connectivity index (χ4n) is 2.93. The molecule has 0 radical (unpaired) electrons. The summed E-state index contributed by atoms with van der Waals surface area (Å²) in [5.41, 5.74) is 1.93. The molecule has 1 heterocycles. The predicted octanol–water partition coefficient (Wildman–Crippen LogP) is 4.81. The van der Waals surface area contributed by atoms with Crippen LogP contribution in [0.25, 0.3) is 6.08 Å². The van der Waals surface area contributed by atoms with Crippen LogP contribution in [-0.2, 0) is 4.79 Å².